The number of benzene rings is 1. The Hall–Kier alpha value is -1.10. The third-order valence-electron chi connectivity index (χ3n) is 5.04. The van der Waals surface area contributed by atoms with Gasteiger partial charge in [0.2, 0.25) is 5.91 Å². The summed E-state index contributed by atoms with van der Waals surface area (Å²) >= 11 is 6.09. The number of hydrogen-bond donors (Lipinski definition) is 1. The molecule has 22 heavy (non-hydrogen) atoms. The van der Waals surface area contributed by atoms with E-state index < -0.39 is 0 Å². The van der Waals surface area contributed by atoms with Gasteiger partial charge in [-0.2, -0.15) is 0 Å². The van der Waals surface area contributed by atoms with Crippen LogP contribution in [0.25, 0.3) is 0 Å². The number of halogens is 1. The monoisotopic (exact) mass is 322 g/mol. The topological polar surface area (TPSA) is 41.6 Å². The predicted octanol–water partition coefficient (Wildman–Crippen LogP) is 2.21. The largest absolute Gasteiger partial charge is 0.380 e. The van der Waals surface area contributed by atoms with E-state index in [-0.39, 0.29) is 23.5 Å². The van der Waals surface area contributed by atoms with E-state index in [0.717, 1.165) is 30.8 Å². The normalized spacial score (nSPS) is 26.9. The Labute approximate surface area is 136 Å². The number of rotatable bonds is 5. The van der Waals surface area contributed by atoms with Crippen LogP contribution in [0.5, 0.6) is 0 Å². The van der Waals surface area contributed by atoms with Crippen LogP contribution in [0.1, 0.15) is 24.8 Å². The van der Waals surface area contributed by atoms with Crippen molar-refractivity contribution in [1.29, 1.82) is 0 Å². The van der Waals surface area contributed by atoms with Crippen molar-refractivity contribution in [2.24, 2.45) is 0 Å². The van der Waals surface area contributed by atoms with Crippen LogP contribution >= 0.6 is 11.6 Å². The lowest BCUT2D eigenvalue weighted by atomic mass is 9.96. The molecule has 1 aliphatic heterocycles. The average molecular weight is 323 g/mol. The highest BCUT2D eigenvalue weighted by molar-refractivity contribution is 6.30. The van der Waals surface area contributed by atoms with Crippen LogP contribution in [0, 0.1) is 0 Å². The Morgan fingerprint density at radius 1 is 1.50 bits per heavy atom. The Balaban J connectivity index is 1.59. The highest BCUT2D eigenvalue weighted by atomic mass is 35.5. The van der Waals surface area contributed by atoms with Gasteiger partial charge in [0.25, 0.3) is 0 Å². The SMILES string of the molecule is CO[C@H]1C[C@@H](C(=O)NCC2(c3cccc(Cl)c3)CC2)N(C)C1. The van der Waals surface area contributed by atoms with Crippen LogP contribution < -0.4 is 5.32 Å². The summed E-state index contributed by atoms with van der Waals surface area (Å²) in [5.74, 6) is 0.107. The fourth-order valence-electron chi connectivity index (χ4n) is 3.34. The highest BCUT2D eigenvalue weighted by Crippen LogP contribution is 2.48. The molecule has 2 fully saturated rings. The molecular weight excluding hydrogens is 300 g/mol. The molecule has 1 amide bonds. The summed E-state index contributed by atoms with van der Waals surface area (Å²) in [6.07, 6.45) is 3.13. The van der Waals surface area contributed by atoms with E-state index in [0.29, 0.717) is 6.54 Å². The third kappa shape index (κ3) is 3.14. The minimum atomic E-state index is -0.0832. The van der Waals surface area contributed by atoms with Crippen molar-refractivity contribution in [3.63, 3.8) is 0 Å². The van der Waals surface area contributed by atoms with E-state index in [9.17, 15) is 4.79 Å². The van der Waals surface area contributed by atoms with Crippen LogP contribution in [-0.4, -0.2) is 50.2 Å². The van der Waals surface area contributed by atoms with Gasteiger partial charge >= 0.3 is 0 Å². The van der Waals surface area contributed by atoms with Crippen molar-refractivity contribution in [3.8, 4) is 0 Å². The van der Waals surface area contributed by atoms with Gasteiger partial charge in [0, 0.05) is 30.6 Å². The van der Waals surface area contributed by atoms with Crippen LogP contribution in [0.15, 0.2) is 24.3 Å². The molecule has 2 atom stereocenters. The van der Waals surface area contributed by atoms with E-state index in [1.807, 2.05) is 25.2 Å². The van der Waals surface area contributed by atoms with E-state index in [1.54, 1.807) is 7.11 Å². The minimum Gasteiger partial charge on any atom is -0.380 e. The van der Waals surface area contributed by atoms with Crippen molar-refractivity contribution >= 4 is 17.5 Å². The first kappa shape index (κ1) is 15.8. The highest BCUT2D eigenvalue weighted by Gasteiger charge is 2.45. The molecule has 0 aromatic heterocycles. The number of carbonyl (C=O) groups is 1. The molecule has 1 aliphatic carbocycles. The molecule has 1 N–H and O–H groups in total. The first-order valence-corrected chi connectivity index (χ1v) is 8.19. The molecule has 120 valence electrons. The number of ether oxygens (including phenoxy) is 1. The number of carbonyl (C=O) groups excluding carboxylic acids is 1. The number of likely N-dealkylation sites (tertiary alicyclic amines) is 1. The molecule has 0 radical (unpaired) electrons. The molecule has 0 unspecified atom stereocenters. The van der Waals surface area contributed by atoms with Crippen molar-refractivity contribution < 1.29 is 9.53 Å². The number of likely N-dealkylation sites (N-methyl/N-ethyl adjacent to an activating group) is 1. The quantitative estimate of drug-likeness (QED) is 0.903. The molecule has 2 aliphatic rings. The molecule has 1 saturated carbocycles. The van der Waals surface area contributed by atoms with Gasteiger partial charge in [0.15, 0.2) is 0 Å². The zero-order valence-electron chi connectivity index (χ0n) is 13.1. The zero-order valence-corrected chi connectivity index (χ0v) is 13.9. The van der Waals surface area contributed by atoms with Crippen LogP contribution in [-0.2, 0) is 14.9 Å². The Kier molecular flexibility index (Phi) is 4.44. The molecule has 1 aromatic rings. The Morgan fingerprint density at radius 3 is 2.86 bits per heavy atom. The molecule has 5 heteroatoms. The summed E-state index contributed by atoms with van der Waals surface area (Å²) in [6, 6.07) is 7.91. The second-order valence-electron chi connectivity index (χ2n) is 6.56. The average Bonchev–Trinajstić information content (AvgIpc) is 3.21. The molecule has 1 saturated heterocycles. The van der Waals surface area contributed by atoms with Crippen molar-refractivity contribution in [1.82, 2.24) is 10.2 Å². The van der Waals surface area contributed by atoms with Crippen molar-refractivity contribution in [2.45, 2.75) is 36.8 Å². The van der Waals surface area contributed by atoms with Gasteiger partial charge in [0.1, 0.15) is 0 Å². The van der Waals surface area contributed by atoms with Crippen LogP contribution in [0.2, 0.25) is 5.02 Å². The maximum atomic E-state index is 12.5. The van der Waals surface area contributed by atoms with Crippen LogP contribution in [0.3, 0.4) is 0 Å². The summed E-state index contributed by atoms with van der Waals surface area (Å²) in [6.45, 7) is 1.50. The Bertz CT molecular complexity index is 559. The van der Waals surface area contributed by atoms with Gasteiger partial charge in [-0.05, 0) is 44.0 Å². The van der Waals surface area contributed by atoms with Gasteiger partial charge < -0.3 is 10.1 Å². The molecule has 1 aromatic carbocycles. The van der Waals surface area contributed by atoms with Gasteiger partial charge in [-0.25, -0.2) is 0 Å². The lowest BCUT2D eigenvalue weighted by molar-refractivity contribution is -0.125. The zero-order chi connectivity index (χ0) is 15.7. The van der Waals surface area contributed by atoms with Gasteiger partial charge in [-0.15, -0.1) is 0 Å². The standard InChI is InChI=1S/C17H23ClN2O2/c1-20-10-14(22-2)9-15(20)16(21)19-11-17(6-7-17)12-4-3-5-13(18)8-12/h3-5,8,14-15H,6-7,9-11H2,1-2H3,(H,19,21)/t14-,15-/m0/s1. The second-order valence-corrected chi connectivity index (χ2v) is 6.99. The lowest BCUT2D eigenvalue weighted by Gasteiger charge is -2.21. The summed E-state index contributed by atoms with van der Waals surface area (Å²) in [4.78, 5) is 14.5. The maximum Gasteiger partial charge on any atom is 0.237 e. The molecule has 0 bridgehead atoms. The molecule has 4 nitrogen and oxygen atoms in total. The first-order valence-electron chi connectivity index (χ1n) is 7.81. The summed E-state index contributed by atoms with van der Waals surface area (Å²) in [5, 5.41) is 3.90. The second kappa shape index (κ2) is 6.19. The first-order chi connectivity index (χ1) is 10.5. The Morgan fingerprint density at radius 2 is 2.27 bits per heavy atom. The molecule has 3 rings (SSSR count). The van der Waals surface area contributed by atoms with Gasteiger partial charge in [0.05, 0.1) is 12.1 Å². The smallest absolute Gasteiger partial charge is 0.237 e. The predicted molar refractivity (Wildman–Crippen MR) is 87.2 cm³/mol. The summed E-state index contributed by atoms with van der Waals surface area (Å²) in [5.41, 5.74) is 1.31. The molecular formula is C17H23ClN2O2. The molecule has 0 spiro atoms. The maximum absolute atomic E-state index is 12.5. The summed E-state index contributed by atoms with van der Waals surface area (Å²) in [7, 11) is 3.68. The lowest BCUT2D eigenvalue weighted by Crippen LogP contribution is -2.44. The minimum absolute atomic E-state index is 0.0817. The van der Waals surface area contributed by atoms with E-state index in [4.69, 9.17) is 16.3 Å². The van der Waals surface area contributed by atoms with E-state index in [2.05, 4.69) is 16.3 Å². The fourth-order valence-corrected chi connectivity index (χ4v) is 3.53. The summed E-state index contributed by atoms with van der Waals surface area (Å²) < 4.78 is 5.37. The van der Waals surface area contributed by atoms with E-state index >= 15 is 0 Å². The number of nitrogens with zero attached hydrogens (tertiary/aromatic N) is 1. The molecule has 1 heterocycles. The number of methoxy groups -OCH3 is 1. The van der Waals surface area contributed by atoms with Crippen molar-refractivity contribution in [3.05, 3.63) is 34.9 Å². The fraction of sp³-hybridized carbons (Fsp3) is 0.588. The third-order valence-corrected chi connectivity index (χ3v) is 5.27. The van der Waals surface area contributed by atoms with Gasteiger partial charge in [-0.3, -0.25) is 9.69 Å². The number of nitrogens with one attached hydrogen (secondary N) is 1. The van der Waals surface area contributed by atoms with Crippen molar-refractivity contribution in [2.75, 3.05) is 27.2 Å². The van der Waals surface area contributed by atoms with Crippen LogP contribution in [0.4, 0.5) is 0 Å². The number of amides is 1. The van der Waals surface area contributed by atoms with Gasteiger partial charge in [-0.1, -0.05) is 23.7 Å². The number of hydrogen-bond acceptors (Lipinski definition) is 3. The van der Waals surface area contributed by atoms with E-state index in [1.165, 1.54) is 5.56 Å².